The Hall–Kier alpha value is -1.18. The molecule has 142 valence electrons. The minimum absolute atomic E-state index is 0.871. The SMILES string of the molecule is CCNC(=NCCCCN1CCOCC1)NCCc1ncc(CC)s1. The largest absolute Gasteiger partial charge is 0.379 e. The van der Waals surface area contributed by atoms with Gasteiger partial charge in [-0.1, -0.05) is 6.92 Å². The van der Waals surface area contributed by atoms with Crippen LogP contribution in [0.1, 0.15) is 36.6 Å². The summed E-state index contributed by atoms with van der Waals surface area (Å²) in [6, 6.07) is 0. The Balaban J connectivity index is 1.61. The van der Waals surface area contributed by atoms with Crippen molar-refractivity contribution < 1.29 is 4.74 Å². The number of guanidine groups is 1. The zero-order chi connectivity index (χ0) is 17.7. The molecule has 2 rings (SSSR count). The molecule has 0 amide bonds. The fourth-order valence-corrected chi connectivity index (χ4v) is 3.58. The molecule has 1 aromatic rings. The summed E-state index contributed by atoms with van der Waals surface area (Å²) in [4.78, 5) is 13.0. The Labute approximate surface area is 156 Å². The quantitative estimate of drug-likeness (QED) is 0.376. The van der Waals surface area contributed by atoms with Crippen molar-refractivity contribution in [3.8, 4) is 0 Å². The number of nitrogens with zero attached hydrogens (tertiary/aromatic N) is 3. The fourth-order valence-electron chi connectivity index (χ4n) is 2.72. The van der Waals surface area contributed by atoms with E-state index in [-0.39, 0.29) is 0 Å². The summed E-state index contributed by atoms with van der Waals surface area (Å²) in [6.45, 7) is 12.0. The summed E-state index contributed by atoms with van der Waals surface area (Å²) in [5, 5.41) is 7.94. The highest BCUT2D eigenvalue weighted by molar-refractivity contribution is 7.11. The van der Waals surface area contributed by atoms with Crippen LogP contribution in [0.4, 0.5) is 0 Å². The molecule has 2 N–H and O–H groups in total. The van der Waals surface area contributed by atoms with E-state index in [4.69, 9.17) is 4.74 Å². The standard InChI is InChI=1S/C18H33N5OS/c1-3-16-15-22-17(25-16)7-9-21-18(19-4-2)20-8-5-6-10-23-11-13-24-14-12-23/h15H,3-14H2,1-2H3,(H2,19,20,21). The van der Waals surface area contributed by atoms with Crippen LogP contribution in [0.5, 0.6) is 0 Å². The molecule has 0 atom stereocenters. The van der Waals surface area contributed by atoms with Gasteiger partial charge in [0.1, 0.15) is 0 Å². The van der Waals surface area contributed by atoms with Crippen LogP contribution in [0.25, 0.3) is 0 Å². The zero-order valence-corrected chi connectivity index (χ0v) is 16.5. The molecule has 0 spiro atoms. The number of hydrogen-bond donors (Lipinski definition) is 2. The van der Waals surface area contributed by atoms with Gasteiger partial charge in [0, 0.05) is 50.2 Å². The first-order valence-electron chi connectivity index (χ1n) is 9.57. The second-order valence-electron chi connectivity index (χ2n) is 6.17. The minimum atomic E-state index is 0.871. The lowest BCUT2D eigenvalue weighted by Gasteiger charge is -2.26. The molecule has 6 nitrogen and oxygen atoms in total. The van der Waals surface area contributed by atoms with Crippen LogP contribution in [0.15, 0.2) is 11.2 Å². The minimum Gasteiger partial charge on any atom is -0.379 e. The van der Waals surface area contributed by atoms with Crippen molar-refractivity contribution in [1.29, 1.82) is 0 Å². The highest BCUT2D eigenvalue weighted by atomic mass is 32.1. The molecular weight excluding hydrogens is 334 g/mol. The van der Waals surface area contributed by atoms with E-state index in [0.717, 1.165) is 77.7 Å². The summed E-state index contributed by atoms with van der Waals surface area (Å²) in [5.41, 5.74) is 0. The molecule has 1 aliphatic heterocycles. The van der Waals surface area contributed by atoms with Crippen molar-refractivity contribution in [1.82, 2.24) is 20.5 Å². The van der Waals surface area contributed by atoms with Gasteiger partial charge >= 0.3 is 0 Å². The molecule has 0 unspecified atom stereocenters. The Bertz CT molecular complexity index is 499. The van der Waals surface area contributed by atoms with Gasteiger partial charge in [0.05, 0.1) is 18.2 Å². The van der Waals surface area contributed by atoms with Crippen LogP contribution < -0.4 is 10.6 Å². The number of morpholine rings is 1. The lowest BCUT2D eigenvalue weighted by Crippen LogP contribution is -2.38. The first-order chi connectivity index (χ1) is 12.3. The average molecular weight is 368 g/mol. The number of unbranched alkanes of at least 4 members (excludes halogenated alkanes) is 1. The van der Waals surface area contributed by atoms with Crippen LogP contribution in [0.2, 0.25) is 0 Å². The van der Waals surface area contributed by atoms with Crippen molar-refractivity contribution in [2.75, 3.05) is 52.5 Å². The van der Waals surface area contributed by atoms with Crippen molar-refractivity contribution in [2.24, 2.45) is 4.99 Å². The topological polar surface area (TPSA) is 61.8 Å². The van der Waals surface area contributed by atoms with E-state index in [1.807, 2.05) is 17.5 Å². The van der Waals surface area contributed by atoms with Crippen LogP contribution in [0.3, 0.4) is 0 Å². The van der Waals surface area contributed by atoms with Gasteiger partial charge in [-0.2, -0.15) is 0 Å². The normalized spacial score (nSPS) is 16.2. The summed E-state index contributed by atoms with van der Waals surface area (Å²) >= 11 is 1.81. The van der Waals surface area contributed by atoms with E-state index in [2.05, 4.69) is 39.4 Å². The number of ether oxygens (including phenoxy) is 1. The van der Waals surface area contributed by atoms with Crippen LogP contribution >= 0.6 is 11.3 Å². The molecule has 1 saturated heterocycles. The molecule has 0 aliphatic carbocycles. The number of aromatic nitrogens is 1. The van der Waals surface area contributed by atoms with E-state index in [1.165, 1.54) is 16.3 Å². The molecule has 0 bridgehead atoms. The molecular formula is C18H33N5OS. The molecule has 0 aromatic carbocycles. The number of thiazole rings is 1. The first kappa shape index (κ1) is 20.1. The summed E-state index contributed by atoms with van der Waals surface area (Å²) in [5.74, 6) is 0.918. The lowest BCUT2D eigenvalue weighted by atomic mass is 10.3. The summed E-state index contributed by atoms with van der Waals surface area (Å²) < 4.78 is 5.38. The van der Waals surface area contributed by atoms with Crippen LogP contribution in [-0.4, -0.2) is 68.3 Å². The maximum absolute atomic E-state index is 5.38. The van der Waals surface area contributed by atoms with Gasteiger partial charge in [0.25, 0.3) is 0 Å². The molecule has 7 heteroatoms. The van der Waals surface area contributed by atoms with E-state index in [1.54, 1.807) is 0 Å². The Morgan fingerprint density at radius 3 is 2.84 bits per heavy atom. The van der Waals surface area contributed by atoms with E-state index in [9.17, 15) is 0 Å². The van der Waals surface area contributed by atoms with Gasteiger partial charge in [-0.15, -0.1) is 11.3 Å². The van der Waals surface area contributed by atoms with Gasteiger partial charge in [0.15, 0.2) is 5.96 Å². The van der Waals surface area contributed by atoms with E-state index in [0.29, 0.717) is 0 Å². The molecule has 0 radical (unpaired) electrons. The molecule has 1 aromatic heterocycles. The lowest BCUT2D eigenvalue weighted by molar-refractivity contribution is 0.0373. The van der Waals surface area contributed by atoms with Gasteiger partial charge in [-0.3, -0.25) is 9.89 Å². The van der Waals surface area contributed by atoms with Crippen molar-refractivity contribution in [3.63, 3.8) is 0 Å². The number of aliphatic imine (C=N–C) groups is 1. The van der Waals surface area contributed by atoms with Crippen molar-refractivity contribution in [3.05, 3.63) is 16.1 Å². The zero-order valence-electron chi connectivity index (χ0n) is 15.7. The average Bonchev–Trinajstić information content (AvgIpc) is 3.10. The number of hydrogen-bond acceptors (Lipinski definition) is 5. The molecule has 1 fully saturated rings. The molecule has 0 saturated carbocycles. The molecule has 2 heterocycles. The second-order valence-corrected chi connectivity index (χ2v) is 7.37. The Kier molecular flexibility index (Phi) is 9.84. The third-order valence-corrected chi connectivity index (χ3v) is 5.38. The Morgan fingerprint density at radius 1 is 1.28 bits per heavy atom. The van der Waals surface area contributed by atoms with E-state index < -0.39 is 0 Å². The predicted molar refractivity (Wildman–Crippen MR) is 106 cm³/mol. The van der Waals surface area contributed by atoms with Crippen LogP contribution in [-0.2, 0) is 17.6 Å². The number of rotatable bonds is 10. The maximum Gasteiger partial charge on any atom is 0.191 e. The van der Waals surface area contributed by atoms with Gasteiger partial charge in [0.2, 0.25) is 0 Å². The van der Waals surface area contributed by atoms with Gasteiger partial charge < -0.3 is 15.4 Å². The van der Waals surface area contributed by atoms with Crippen molar-refractivity contribution >= 4 is 17.3 Å². The summed E-state index contributed by atoms with van der Waals surface area (Å²) in [7, 11) is 0. The maximum atomic E-state index is 5.38. The monoisotopic (exact) mass is 367 g/mol. The smallest absolute Gasteiger partial charge is 0.191 e. The van der Waals surface area contributed by atoms with E-state index >= 15 is 0 Å². The highest BCUT2D eigenvalue weighted by Gasteiger charge is 2.09. The predicted octanol–water partition coefficient (Wildman–Crippen LogP) is 1.92. The Morgan fingerprint density at radius 2 is 2.12 bits per heavy atom. The number of aryl methyl sites for hydroxylation is 1. The number of nitrogens with one attached hydrogen (secondary N) is 2. The fraction of sp³-hybridized carbons (Fsp3) is 0.778. The third kappa shape index (κ3) is 8.16. The van der Waals surface area contributed by atoms with Gasteiger partial charge in [-0.05, 0) is 32.7 Å². The highest BCUT2D eigenvalue weighted by Crippen LogP contribution is 2.13. The second kappa shape index (κ2) is 12.2. The first-order valence-corrected chi connectivity index (χ1v) is 10.4. The molecule has 25 heavy (non-hydrogen) atoms. The summed E-state index contributed by atoms with van der Waals surface area (Å²) in [6.07, 6.45) is 6.33. The van der Waals surface area contributed by atoms with Crippen molar-refractivity contribution in [2.45, 2.75) is 39.5 Å². The van der Waals surface area contributed by atoms with Gasteiger partial charge in [-0.25, -0.2) is 4.98 Å². The van der Waals surface area contributed by atoms with Crippen LogP contribution in [0, 0.1) is 0 Å². The molecule has 1 aliphatic rings. The third-order valence-electron chi connectivity index (χ3n) is 4.18.